The van der Waals surface area contributed by atoms with E-state index in [0.717, 1.165) is 0 Å². The number of ether oxygens (including phenoxy) is 1. The molecule has 2 aromatic heterocycles. The van der Waals surface area contributed by atoms with E-state index in [2.05, 4.69) is 25.8 Å². The standard InChI is InChI=1S/C35H42N6O7/c1-19(2)26(28(42)31-39-40-34(48-31)35(5,6)33-36-23-11-8-9-13-25(23)47-33)37-30(44)24-12-10-18-41(24)32(45)27(20(3)4)38-29(43)21-14-16-22(46-7)17-15-21/h8-9,11,13-17,19-20,24,26-27H,10,12,18H2,1-7H3,(H,37,44)(H,38,43)/t24-,26-,27-/m0/s1. The van der Waals surface area contributed by atoms with Gasteiger partial charge in [-0.1, -0.05) is 39.8 Å². The number of methoxy groups -OCH3 is 1. The number of oxazole rings is 1. The number of amides is 3. The number of fused-ring (bicyclic) bond motifs is 1. The molecule has 5 rings (SSSR count). The van der Waals surface area contributed by atoms with Crippen LogP contribution in [0.4, 0.5) is 0 Å². The molecule has 0 bridgehead atoms. The highest BCUT2D eigenvalue weighted by Crippen LogP contribution is 2.32. The number of Topliss-reactive ketones (excluding diaryl/α,β-unsaturated/α-hetero) is 1. The molecule has 1 aliphatic heterocycles. The van der Waals surface area contributed by atoms with Gasteiger partial charge in [-0.3, -0.25) is 19.2 Å². The highest BCUT2D eigenvalue weighted by Gasteiger charge is 2.41. The lowest BCUT2D eigenvalue weighted by Gasteiger charge is -2.31. The molecule has 13 heteroatoms. The van der Waals surface area contributed by atoms with Crippen LogP contribution in [0.1, 0.15) is 87.2 Å². The van der Waals surface area contributed by atoms with Crippen LogP contribution in [0, 0.1) is 11.8 Å². The Kier molecular flexibility index (Phi) is 9.97. The van der Waals surface area contributed by atoms with Gasteiger partial charge in [-0.25, -0.2) is 4.98 Å². The van der Waals surface area contributed by atoms with E-state index in [0.29, 0.717) is 47.7 Å². The molecule has 3 amide bonds. The fourth-order valence-corrected chi connectivity index (χ4v) is 5.69. The fourth-order valence-electron chi connectivity index (χ4n) is 5.69. The zero-order valence-electron chi connectivity index (χ0n) is 28.3. The number of para-hydroxylation sites is 2. The van der Waals surface area contributed by atoms with Crippen LogP contribution >= 0.6 is 0 Å². The van der Waals surface area contributed by atoms with Crippen LogP contribution in [-0.4, -0.2) is 75.4 Å². The molecule has 0 spiro atoms. The van der Waals surface area contributed by atoms with Crippen LogP contribution in [-0.2, 0) is 15.0 Å². The topological polar surface area (TPSA) is 170 Å². The van der Waals surface area contributed by atoms with Crippen LogP contribution in [0.5, 0.6) is 5.75 Å². The van der Waals surface area contributed by atoms with Gasteiger partial charge in [0.25, 0.3) is 11.8 Å². The van der Waals surface area contributed by atoms with Gasteiger partial charge in [0.1, 0.15) is 28.8 Å². The Morgan fingerprint density at radius 2 is 1.58 bits per heavy atom. The van der Waals surface area contributed by atoms with E-state index in [4.69, 9.17) is 13.6 Å². The highest BCUT2D eigenvalue weighted by molar-refractivity contribution is 6.01. The van der Waals surface area contributed by atoms with Crippen molar-refractivity contribution in [3.63, 3.8) is 0 Å². The number of carbonyl (C=O) groups is 4. The fraction of sp³-hybridized carbons (Fsp3) is 0.457. The van der Waals surface area contributed by atoms with Crippen molar-refractivity contribution in [3.05, 3.63) is 71.8 Å². The van der Waals surface area contributed by atoms with E-state index in [1.54, 1.807) is 58.0 Å². The lowest BCUT2D eigenvalue weighted by atomic mass is 9.93. The molecule has 1 aliphatic rings. The normalized spacial score (nSPS) is 16.3. The van der Waals surface area contributed by atoms with Crippen molar-refractivity contribution in [1.82, 2.24) is 30.7 Å². The molecule has 13 nitrogen and oxygen atoms in total. The summed E-state index contributed by atoms with van der Waals surface area (Å²) >= 11 is 0. The second-order valence-corrected chi connectivity index (χ2v) is 13.2. The molecule has 1 saturated heterocycles. The molecule has 2 N–H and O–H groups in total. The molecule has 0 unspecified atom stereocenters. The minimum Gasteiger partial charge on any atom is -0.497 e. The number of aromatic nitrogens is 3. The van der Waals surface area contributed by atoms with Crippen LogP contribution in [0.3, 0.4) is 0 Å². The van der Waals surface area contributed by atoms with Crippen molar-refractivity contribution in [3.8, 4) is 5.75 Å². The molecule has 254 valence electrons. The van der Waals surface area contributed by atoms with Crippen molar-refractivity contribution in [1.29, 1.82) is 0 Å². The number of hydrogen-bond acceptors (Lipinski definition) is 10. The quantitative estimate of drug-likeness (QED) is 0.209. The summed E-state index contributed by atoms with van der Waals surface area (Å²) in [5.74, 6) is -1.53. The van der Waals surface area contributed by atoms with Gasteiger partial charge in [-0.05, 0) is 74.9 Å². The van der Waals surface area contributed by atoms with Crippen LogP contribution in [0.15, 0.2) is 57.4 Å². The summed E-state index contributed by atoms with van der Waals surface area (Å²) in [6, 6.07) is 11.2. The molecule has 1 fully saturated rings. The Bertz CT molecular complexity index is 1760. The Morgan fingerprint density at radius 1 is 0.896 bits per heavy atom. The van der Waals surface area contributed by atoms with Gasteiger partial charge in [-0.15, -0.1) is 10.2 Å². The minimum absolute atomic E-state index is 0.134. The van der Waals surface area contributed by atoms with E-state index in [-0.39, 0.29) is 29.5 Å². The minimum atomic E-state index is -0.994. The van der Waals surface area contributed by atoms with Crippen LogP contribution in [0.2, 0.25) is 0 Å². The maximum atomic E-state index is 13.8. The van der Waals surface area contributed by atoms with Gasteiger partial charge in [0, 0.05) is 12.1 Å². The van der Waals surface area contributed by atoms with E-state index in [9.17, 15) is 19.2 Å². The molecular formula is C35H42N6O7. The second-order valence-electron chi connectivity index (χ2n) is 13.2. The second kappa shape index (κ2) is 14.0. The molecule has 4 aromatic rings. The smallest absolute Gasteiger partial charge is 0.286 e. The SMILES string of the molecule is COc1ccc(C(=O)N[C@H](C(=O)N2CCC[C@H]2C(=O)N[C@H](C(=O)c2nnc(C(C)(C)c3nc4ccccc4o3)o2)C(C)C)C(C)C)cc1. The average Bonchev–Trinajstić information content (AvgIpc) is 3.85. The number of nitrogens with zero attached hydrogens (tertiary/aromatic N) is 4. The summed E-state index contributed by atoms with van der Waals surface area (Å²) in [4.78, 5) is 60.3. The lowest BCUT2D eigenvalue weighted by molar-refractivity contribution is -0.140. The largest absolute Gasteiger partial charge is 0.497 e. The lowest BCUT2D eigenvalue weighted by Crippen LogP contribution is -2.57. The number of carbonyl (C=O) groups excluding carboxylic acids is 4. The summed E-state index contributed by atoms with van der Waals surface area (Å²) in [6.45, 7) is 11.2. The maximum absolute atomic E-state index is 13.8. The zero-order chi connectivity index (χ0) is 34.7. The summed E-state index contributed by atoms with van der Waals surface area (Å²) in [7, 11) is 1.54. The van der Waals surface area contributed by atoms with Crippen molar-refractivity contribution < 1.29 is 32.7 Å². The third kappa shape index (κ3) is 6.95. The molecule has 2 aromatic carbocycles. The first kappa shape index (κ1) is 34.3. The van der Waals surface area contributed by atoms with E-state index < -0.39 is 41.1 Å². The maximum Gasteiger partial charge on any atom is 0.286 e. The molecule has 0 radical (unpaired) electrons. The zero-order valence-corrected chi connectivity index (χ0v) is 28.3. The molecule has 3 heterocycles. The number of ketones is 1. The number of hydrogen-bond donors (Lipinski definition) is 2. The van der Waals surface area contributed by atoms with Crippen molar-refractivity contribution in [2.45, 2.75) is 77.9 Å². The summed E-state index contributed by atoms with van der Waals surface area (Å²) in [6.07, 6.45) is 1.01. The highest BCUT2D eigenvalue weighted by atomic mass is 16.5. The Labute approximate surface area is 278 Å². The van der Waals surface area contributed by atoms with Gasteiger partial charge in [0.15, 0.2) is 5.58 Å². The molecular weight excluding hydrogens is 616 g/mol. The van der Waals surface area contributed by atoms with Crippen molar-refractivity contribution in [2.75, 3.05) is 13.7 Å². The monoisotopic (exact) mass is 658 g/mol. The molecule has 3 atom stereocenters. The third-order valence-corrected chi connectivity index (χ3v) is 8.66. The van der Waals surface area contributed by atoms with Gasteiger partial charge in [0.05, 0.1) is 13.2 Å². The van der Waals surface area contributed by atoms with Crippen molar-refractivity contribution in [2.24, 2.45) is 11.8 Å². The summed E-state index contributed by atoms with van der Waals surface area (Å²) < 4.78 is 17.0. The molecule has 0 saturated carbocycles. The van der Waals surface area contributed by atoms with Crippen LogP contribution < -0.4 is 15.4 Å². The third-order valence-electron chi connectivity index (χ3n) is 8.66. The van der Waals surface area contributed by atoms with Gasteiger partial charge < -0.3 is 29.1 Å². The molecule has 48 heavy (non-hydrogen) atoms. The van der Waals surface area contributed by atoms with Crippen LogP contribution in [0.25, 0.3) is 11.1 Å². The average molecular weight is 659 g/mol. The number of benzene rings is 2. The summed E-state index contributed by atoms with van der Waals surface area (Å²) in [5, 5.41) is 13.8. The first-order chi connectivity index (χ1) is 22.8. The first-order valence-corrected chi connectivity index (χ1v) is 16.1. The summed E-state index contributed by atoms with van der Waals surface area (Å²) in [5.41, 5.74) is 0.724. The van der Waals surface area contributed by atoms with E-state index >= 15 is 0 Å². The Hall–Kier alpha value is -5.07. The van der Waals surface area contributed by atoms with Gasteiger partial charge in [-0.2, -0.15) is 0 Å². The Balaban J connectivity index is 1.28. The predicted octanol–water partition coefficient (Wildman–Crippen LogP) is 4.31. The number of likely N-dealkylation sites (tertiary alicyclic amines) is 1. The number of nitrogens with one attached hydrogen (secondary N) is 2. The molecule has 0 aliphatic carbocycles. The van der Waals surface area contributed by atoms with Gasteiger partial charge in [0.2, 0.25) is 29.4 Å². The van der Waals surface area contributed by atoms with Crippen molar-refractivity contribution >= 4 is 34.6 Å². The van der Waals surface area contributed by atoms with Gasteiger partial charge >= 0.3 is 0 Å². The Morgan fingerprint density at radius 3 is 2.23 bits per heavy atom. The van der Waals surface area contributed by atoms with E-state index in [1.165, 1.54) is 12.0 Å². The van der Waals surface area contributed by atoms with E-state index in [1.807, 2.05) is 32.0 Å². The predicted molar refractivity (Wildman–Crippen MR) is 175 cm³/mol. The number of rotatable bonds is 12. The first-order valence-electron chi connectivity index (χ1n) is 16.1.